The first kappa shape index (κ1) is 20.6. The van der Waals surface area contributed by atoms with Gasteiger partial charge in [0.15, 0.2) is 5.82 Å². The molecule has 0 fully saturated rings. The zero-order valence-corrected chi connectivity index (χ0v) is 18.2. The van der Waals surface area contributed by atoms with Gasteiger partial charge in [0.1, 0.15) is 11.0 Å². The number of aromatic nitrogens is 3. The Morgan fingerprint density at radius 1 is 1.23 bits per heavy atom. The average Bonchev–Trinajstić information content (AvgIpc) is 3.16. The van der Waals surface area contributed by atoms with Crippen molar-refractivity contribution < 1.29 is 9.53 Å². The van der Waals surface area contributed by atoms with Crippen LogP contribution in [0.5, 0.6) is 5.75 Å². The molecule has 2 heterocycles. The number of carbonyl (C=O) groups is 1. The van der Waals surface area contributed by atoms with Crippen LogP contribution in [0.15, 0.2) is 53.7 Å². The molecule has 2 atom stereocenters. The molecule has 2 N–H and O–H groups in total. The Hall–Kier alpha value is -2.71. The van der Waals surface area contributed by atoms with Crippen molar-refractivity contribution in [1.82, 2.24) is 14.9 Å². The van der Waals surface area contributed by atoms with E-state index in [9.17, 15) is 4.79 Å². The van der Waals surface area contributed by atoms with Crippen LogP contribution in [-0.4, -0.2) is 32.6 Å². The minimum Gasteiger partial charge on any atom is -0.494 e. The van der Waals surface area contributed by atoms with E-state index in [2.05, 4.69) is 20.9 Å². The van der Waals surface area contributed by atoms with Crippen LogP contribution in [0, 0.1) is 0 Å². The van der Waals surface area contributed by atoms with Gasteiger partial charge in [-0.3, -0.25) is 4.79 Å². The first-order valence-corrected chi connectivity index (χ1v) is 11.0. The summed E-state index contributed by atoms with van der Waals surface area (Å²) in [7, 11) is 0. The third-order valence-corrected chi connectivity index (χ3v) is 6.17. The summed E-state index contributed by atoms with van der Waals surface area (Å²) < 4.78 is 7.42. The lowest BCUT2D eigenvalue weighted by atomic mass is 10.0. The third-order valence-electron chi connectivity index (χ3n) is 4.72. The van der Waals surface area contributed by atoms with E-state index in [-0.39, 0.29) is 11.9 Å². The maximum absolute atomic E-state index is 13.2. The molecule has 30 heavy (non-hydrogen) atoms. The fourth-order valence-electron chi connectivity index (χ4n) is 3.30. The zero-order chi connectivity index (χ0) is 21.1. The van der Waals surface area contributed by atoms with Gasteiger partial charge in [-0.15, -0.1) is 10.2 Å². The summed E-state index contributed by atoms with van der Waals surface area (Å²) in [5, 5.41) is 12.2. The molecular formula is C21H22ClN5O2S. The Kier molecular flexibility index (Phi) is 6.15. The number of fused-ring (bicyclic) bond motifs is 1. The molecule has 0 aliphatic carbocycles. The van der Waals surface area contributed by atoms with Gasteiger partial charge in [-0.2, -0.15) is 0 Å². The van der Waals surface area contributed by atoms with Crippen molar-refractivity contribution in [2.24, 2.45) is 0 Å². The van der Waals surface area contributed by atoms with Crippen LogP contribution in [0.25, 0.3) is 0 Å². The Labute approximate surface area is 184 Å². The predicted molar refractivity (Wildman–Crippen MR) is 119 cm³/mol. The van der Waals surface area contributed by atoms with Crippen molar-refractivity contribution in [2.45, 2.75) is 36.7 Å². The number of carbonyl (C=O) groups excluding carboxylic acids is 1. The van der Waals surface area contributed by atoms with E-state index < -0.39 is 5.25 Å². The summed E-state index contributed by atoms with van der Waals surface area (Å²) >= 11 is 7.46. The largest absolute Gasteiger partial charge is 0.494 e. The molecule has 0 unspecified atom stereocenters. The quantitative estimate of drug-likeness (QED) is 0.591. The first-order chi connectivity index (χ1) is 14.6. The number of hydrogen-bond acceptors (Lipinski definition) is 6. The molecule has 9 heteroatoms. The second-order valence-corrected chi connectivity index (χ2v) is 8.28. The zero-order valence-electron chi connectivity index (χ0n) is 16.6. The molecule has 1 aliphatic rings. The number of amides is 1. The van der Waals surface area contributed by atoms with Crippen LogP contribution in [0.4, 0.5) is 5.69 Å². The van der Waals surface area contributed by atoms with Gasteiger partial charge in [-0.05, 0) is 42.8 Å². The highest BCUT2D eigenvalue weighted by atomic mass is 35.5. The van der Waals surface area contributed by atoms with Crippen molar-refractivity contribution in [1.29, 1.82) is 0 Å². The number of thioether (sulfide) groups is 1. The van der Waals surface area contributed by atoms with Crippen molar-refractivity contribution in [3.63, 3.8) is 0 Å². The molecule has 0 radical (unpaired) electrons. The number of hydrogen-bond donors (Lipinski definition) is 2. The van der Waals surface area contributed by atoms with Crippen LogP contribution < -0.4 is 15.5 Å². The van der Waals surface area contributed by atoms with E-state index >= 15 is 0 Å². The maximum Gasteiger partial charge on any atom is 0.240 e. The Bertz CT molecular complexity index is 1040. The molecule has 4 rings (SSSR count). The van der Waals surface area contributed by atoms with Gasteiger partial charge in [0, 0.05) is 17.1 Å². The summed E-state index contributed by atoms with van der Waals surface area (Å²) in [6.45, 7) is 4.57. The lowest BCUT2D eigenvalue weighted by Gasteiger charge is -2.33. The topological polar surface area (TPSA) is 81.1 Å². The number of aryl methyl sites for hydroxylation is 1. The van der Waals surface area contributed by atoms with E-state index in [1.807, 2.05) is 48.9 Å². The molecule has 7 nitrogen and oxygen atoms in total. The molecule has 0 spiro atoms. The molecule has 0 bridgehead atoms. The average molecular weight is 444 g/mol. The number of benzene rings is 2. The predicted octanol–water partition coefficient (Wildman–Crippen LogP) is 4.29. The fraction of sp³-hybridized carbons (Fsp3) is 0.286. The van der Waals surface area contributed by atoms with Gasteiger partial charge >= 0.3 is 0 Å². The number of nitrogens with one attached hydrogen (secondary N) is 2. The smallest absolute Gasteiger partial charge is 0.240 e. The summed E-state index contributed by atoms with van der Waals surface area (Å²) in [5.74, 6) is 1.48. The molecule has 1 aromatic heterocycles. The molecule has 156 valence electrons. The van der Waals surface area contributed by atoms with E-state index in [4.69, 9.17) is 16.3 Å². The monoisotopic (exact) mass is 443 g/mol. The van der Waals surface area contributed by atoms with Crippen molar-refractivity contribution in [3.8, 4) is 5.75 Å². The Morgan fingerprint density at radius 3 is 2.73 bits per heavy atom. The molecule has 3 aromatic rings. The number of ether oxygens (including phenoxy) is 1. The minimum absolute atomic E-state index is 0.138. The minimum atomic E-state index is -0.455. The molecule has 0 saturated heterocycles. The van der Waals surface area contributed by atoms with E-state index in [1.54, 1.807) is 18.2 Å². The van der Waals surface area contributed by atoms with Gasteiger partial charge in [0.05, 0.1) is 12.6 Å². The van der Waals surface area contributed by atoms with Gasteiger partial charge in [-0.1, -0.05) is 48.5 Å². The van der Waals surface area contributed by atoms with Gasteiger partial charge in [0.2, 0.25) is 11.1 Å². The lowest BCUT2D eigenvalue weighted by Crippen LogP contribution is -2.41. The number of nitrogens with zero attached hydrogens (tertiary/aromatic N) is 3. The summed E-state index contributed by atoms with van der Waals surface area (Å²) in [6, 6.07) is 14.6. The fourth-order valence-corrected chi connectivity index (χ4v) is 4.58. The SMILES string of the molecule is CCOc1ccc([C@H]2Nn3c(CC)nnc3S[C@@H]2C(=O)Nc2cccc(Cl)c2)cc1. The number of rotatable bonds is 6. The van der Waals surface area contributed by atoms with Crippen LogP contribution in [0.1, 0.15) is 31.3 Å². The first-order valence-electron chi connectivity index (χ1n) is 9.75. The van der Waals surface area contributed by atoms with E-state index in [1.165, 1.54) is 11.8 Å². The Morgan fingerprint density at radius 2 is 2.03 bits per heavy atom. The third kappa shape index (κ3) is 4.24. The van der Waals surface area contributed by atoms with E-state index in [0.29, 0.717) is 22.5 Å². The highest BCUT2D eigenvalue weighted by molar-refractivity contribution is 8.00. The normalized spacial score (nSPS) is 17.7. The lowest BCUT2D eigenvalue weighted by molar-refractivity contribution is -0.116. The summed E-state index contributed by atoms with van der Waals surface area (Å²) in [5.41, 5.74) is 5.06. The second-order valence-electron chi connectivity index (χ2n) is 6.73. The molecule has 1 amide bonds. The highest BCUT2D eigenvalue weighted by Gasteiger charge is 2.37. The number of anilines is 1. The van der Waals surface area contributed by atoms with Crippen LogP contribution >= 0.6 is 23.4 Å². The van der Waals surface area contributed by atoms with Gasteiger partial charge in [0.25, 0.3) is 0 Å². The molecule has 0 saturated carbocycles. The molecule has 1 aliphatic heterocycles. The Balaban J connectivity index is 1.65. The van der Waals surface area contributed by atoms with Crippen molar-refractivity contribution >= 4 is 35.0 Å². The highest BCUT2D eigenvalue weighted by Crippen LogP contribution is 2.38. The van der Waals surface area contributed by atoms with Gasteiger partial charge in [-0.25, -0.2) is 4.68 Å². The van der Waals surface area contributed by atoms with Gasteiger partial charge < -0.3 is 15.5 Å². The van der Waals surface area contributed by atoms with Crippen LogP contribution in [0.3, 0.4) is 0 Å². The van der Waals surface area contributed by atoms with E-state index in [0.717, 1.165) is 23.6 Å². The van der Waals surface area contributed by atoms with Crippen molar-refractivity contribution in [2.75, 3.05) is 17.3 Å². The molecular weight excluding hydrogens is 422 g/mol. The number of halogens is 1. The van der Waals surface area contributed by atoms with Crippen LogP contribution in [0.2, 0.25) is 5.02 Å². The summed E-state index contributed by atoms with van der Waals surface area (Å²) in [4.78, 5) is 13.2. The van der Waals surface area contributed by atoms with Crippen LogP contribution in [-0.2, 0) is 11.2 Å². The molecule has 2 aromatic carbocycles. The standard InChI is InChI=1S/C21H22ClN5O2S/c1-3-17-24-25-21-27(17)26-18(13-8-10-16(11-9-13)29-4-2)19(30-21)20(28)23-15-7-5-6-14(22)12-15/h5-12,18-19,26H,3-4H2,1-2H3,(H,23,28)/t18-,19+/m1/s1. The second kappa shape index (κ2) is 8.97. The van der Waals surface area contributed by atoms with Crippen molar-refractivity contribution in [3.05, 3.63) is 64.9 Å². The maximum atomic E-state index is 13.2. The summed E-state index contributed by atoms with van der Waals surface area (Å²) in [6.07, 6.45) is 0.732.